The van der Waals surface area contributed by atoms with Gasteiger partial charge in [-0.3, -0.25) is 0 Å². The van der Waals surface area contributed by atoms with Crippen molar-refractivity contribution in [2.24, 2.45) is 17.8 Å². The van der Waals surface area contributed by atoms with E-state index >= 15 is 0 Å². The summed E-state index contributed by atoms with van der Waals surface area (Å²) in [6.07, 6.45) is 8.28. The average Bonchev–Trinajstić information content (AvgIpc) is 2.36. The van der Waals surface area contributed by atoms with E-state index in [-0.39, 0.29) is 5.54 Å². The van der Waals surface area contributed by atoms with E-state index in [1.54, 1.807) is 0 Å². The van der Waals surface area contributed by atoms with Crippen LogP contribution in [0.2, 0.25) is 0 Å². The molecule has 0 aromatic rings. The summed E-state index contributed by atoms with van der Waals surface area (Å²) in [5.74, 6) is 2.39. The molecule has 3 unspecified atom stereocenters. The molecule has 1 rings (SSSR count). The lowest BCUT2D eigenvalue weighted by Gasteiger charge is -2.37. The Hall–Kier alpha value is -0.0800. The first kappa shape index (κ1) is 19.0. The van der Waals surface area contributed by atoms with E-state index in [0.29, 0.717) is 6.10 Å². The van der Waals surface area contributed by atoms with Gasteiger partial charge in [0.2, 0.25) is 0 Å². The third-order valence-corrected chi connectivity index (χ3v) is 4.77. The van der Waals surface area contributed by atoms with Gasteiger partial charge in [-0.25, -0.2) is 0 Å². The normalized spacial score (nSPS) is 27.3. The minimum absolute atomic E-state index is 0.249. The average molecular weight is 298 g/mol. The fraction of sp³-hybridized carbons (Fsp3) is 1.00. The Labute approximate surface area is 133 Å². The van der Waals surface area contributed by atoms with Crippen molar-refractivity contribution in [2.45, 2.75) is 91.7 Å². The van der Waals surface area contributed by atoms with Crippen molar-refractivity contribution in [1.29, 1.82) is 0 Å². The van der Waals surface area contributed by atoms with Gasteiger partial charge in [0.1, 0.15) is 0 Å². The molecule has 0 spiro atoms. The summed E-state index contributed by atoms with van der Waals surface area (Å²) in [5.41, 5.74) is 0.249. The van der Waals surface area contributed by atoms with E-state index in [0.717, 1.165) is 30.9 Å². The molecule has 21 heavy (non-hydrogen) atoms. The smallest absolute Gasteiger partial charge is 0.0608 e. The van der Waals surface area contributed by atoms with Gasteiger partial charge in [-0.2, -0.15) is 0 Å². The largest absolute Gasteiger partial charge is 0.378 e. The highest BCUT2D eigenvalue weighted by molar-refractivity contribution is 4.81. The Bertz CT molecular complexity index is 269. The zero-order valence-electron chi connectivity index (χ0n) is 15.4. The molecule has 0 amide bonds. The van der Waals surface area contributed by atoms with Crippen molar-refractivity contribution in [3.05, 3.63) is 0 Å². The highest BCUT2D eigenvalue weighted by Crippen LogP contribution is 2.35. The summed E-state index contributed by atoms with van der Waals surface area (Å²) in [6, 6.07) is 0. The molecule has 0 heterocycles. The Morgan fingerprint density at radius 3 is 2.43 bits per heavy atom. The van der Waals surface area contributed by atoms with E-state index in [2.05, 4.69) is 46.9 Å². The van der Waals surface area contributed by atoms with Crippen LogP contribution in [0.25, 0.3) is 0 Å². The van der Waals surface area contributed by atoms with E-state index in [1.165, 1.54) is 38.5 Å². The molecule has 1 aliphatic carbocycles. The topological polar surface area (TPSA) is 21.3 Å². The standard InChI is InChI=1S/C19H39NO/c1-15(2)17-11-10-16(3)14-18(17)21-13-9-7-8-12-20-19(4,5)6/h15-18,20H,7-14H2,1-6H3. The molecular weight excluding hydrogens is 258 g/mol. The van der Waals surface area contributed by atoms with Crippen LogP contribution in [-0.2, 0) is 4.74 Å². The molecule has 0 radical (unpaired) electrons. The zero-order chi connectivity index (χ0) is 15.9. The maximum absolute atomic E-state index is 6.25. The fourth-order valence-corrected chi connectivity index (χ4v) is 3.41. The van der Waals surface area contributed by atoms with Crippen molar-refractivity contribution < 1.29 is 4.74 Å². The Balaban J connectivity index is 2.12. The lowest BCUT2D eigenvalue weighted by molar-refractivity contribution is -0.0394. The number of ether oxygens (including phenoxy) is 1. The predicted molar refractivity (Wildman–Crippen MR) is 92.7 cm³/mol. The molecule has 1 N–H and O–H groups in total. The first-order valence-electron chi connectivity index (χ1n) is 9.16. The minimum atomic E-state index is 0.249. The summed E-state index contributed by atoms with van der Waals surface area (Å²) in [6.45, 7) is 15.9. The van der Waals surface area contributed by atoms with Crippen molar-refractivity contribution in [1.82, 2.24) is 5.32 Å². The quantitative estimate of drug-likeness (QED) is 0.635. The van der Waals surface area contributed by atoms with Crippen LogP contribution in [-0.4, -0.2) is 24.8 Å². The van der Waals surface area contributed by atoms with Gasteiger partial charge in [0.15, 0.2) is 0 Å². The van der Waals surface area contributed by atoms with Gasteiger partial charge in [-0.1, -0.05) is 27.2 Å². The summed E-state index contributed by atoms with van der Waals surface area (Å²) in [7, 11) is 0. The monoisotopic (exact) mass is 297 g/mol. The van der Waals surface area contributed by atoms with Crippen molar-refractivity contribution in [3.63, 3.8) is 0 Å². The summed E-state index contributed by atoms with van der Waals surface area (Å²) >= 11 is 0. The molecule has 0 aromatic carbocycles. The summed E-state index contributed by atoms with van der Waals surface area (Å²) in [5, 5.41) is 3.55. The van der Waals surface area contributed by atoms with Crippen molar-refractivity contribution in [2.75, 3.05) is 13.2 Å². The van der Waals surface area contributed by atoms with Gasteiger partial charge in [0, 0.05) is 12.1 Å². The number of unbranched alkanes of at least 4 members (excludes halogenated alkanes) is 2. The highest BCUT2D eigenvalue weighted by Gasteiger charge is 2.31. The van der Waals surface area contributed by atoms with Crippen LogP contribution in [0.1, 0.15) is 80.1 Å². The number of nitrogens with one attached hydrogen (secondary N) is 1. The van der Waals surface area contributed by atoms with Gasteiger partial charge in [-0.15, -0.1) is 0 Å². The minimum Gasteiger partial charge on any atom is -0.378 e. The van der Waals surface area contributed by atoms with Crippen LogP contribution in [0.5, 0.6) is 0 Å². The maximum Gasteiger partial charge on any atom is 0.0608 e. The van der Waals surface area contributed by atoms with Crippen LogP contribution < -0.4 is 5.32 Å². The SMILES string of the molecule is CC1CCC(C(C)C)C(OCCCCCNC(C)(C)C)C1. The second kappa shape index (κ2) is 9.15. The van der Waals surface area contributed by atoms with Crippen molar-refractivity contribution in [3.8, 4) is 0 Å². The second-order valence-corrected chi connectivity index (χ2v) is 8.47. The third-order valence-electron chi connectivity index (χ3n) is 4.77. The second-order valence-electron chi connectivity index (χ2n) is 8.47. The molecule has 0 aliphatic heterocycles. The van der Waals surface area contributed by atoms with Gasteiger partial charge < -0.3 is 10.1 Å². The molecule has 0 saturated heterocycles. The number of hydrogen-bond acceptors (Lipinski definition) is 2. The number of rotatable bonds is 8. The molecule has 126 valence electrons. The molecule has 1 fully saturated rings. The summed E-state index contributed by atoms with van der Waals surface area (Å²) in [4.78, 5) is 0. The van der Waals surface area contributed by atoms with Gasteiger partial charge >= 0.3 is 0 Å². The lowest BCUT2D eigenvalue weighted by Crippen LogP contribution is -2.36. The van der Waals surface area contributed by atoms with Crippen LogP contribution in [0.4, 0.5) is 0 Å². The van der Waals surface area contributed by atoms with Crippen LogP contribution in [0.15, 0.2) is 0 Å². The van der Waals surface area contributed by atoms with Gasteiger partial charge in [0.05, 0.1) is 6.10 Å². The Morgan fingerprint density at radius 1 is 1.10 bits per heavy atom. The zero-order valence-corrected chi connectivity index (χ0v) is 15.4. The molecular formula is C19H39NO. The van der Waals surface area contributed by atoms with Gasteiger partial charge in [-0.05, 0) is 77.2 Å². The maximum atomic E-state index is 6.25. The molecule has 1 aliphatic rings. The Kier molecular flexibility index (Phi) is 8.26. The van der Waals surface area contributed by atoms with E-state index in [4.69, 9.17) is 4.74 Å². The van der Waals surface area contributed by atoms with Gasteiger partial charge in [0.25, 0.3) is 0 Å². The summed E-state index contributed by atoms with van der Waals surface area (Å²) < 4.78 is 6.25. The molecule has 2 nitrogen and oxygen atoms in total. The van der Waals surface area contributed by atoms with Crippen LogP contribution in [0, 0.1) is 17.8 Å². The molecule has 0 aromatic heterocycles. The fourth-order valence-electron chi connectivity index (χ4n) is 3.41. The molecule has 3 atom stereocenters. The lowest BCUT2D eigenvalue weighted by atomic mass is 9.75. The first-order valence-corrected chi connectivity index (χ1v) is 9.16. The van der Waals surface area contributed by atoms with Crippen LogP contribution >= 0.6 is 0 Å². The first-order chi connectivity index (χ1) is 9.79. The molecule has 1 saturated carbocycles. The van der Waals surface area contributed by atoms with E-state index in [9.17, 15) is 0 Å². The number of hydrogen-bond donors (Lipinski definition) is 1. The molecule has 2 heteroatoms. The predicted octanol–water partition coefficient (Wildman–Crippen LogP) is 5.02. The van der Waals surface area contributed by atoms with Crippen LogP contribution in [0.3, 0.4) is 0 Å². The van der Waals surface area contributed by atoms with Crippen molar-refractivity contribution >= 4 is 0 Å². The van der Waals surface area contributed by atoms with E-state index < -0.39 is 0 Å². The molecule has 0 bridgehead atoms. The third kappa shape index (κ3) is 8.21. The highest BCUT2D eigenvalue weighted by atomic mass is 16.5. The van der Waals surface area contributed by atoms with E-state index in [1.807, 2.05) is 0 Å². The Morgan fingerprint density at radius 2 is 1.81 bits per heavy atom.